The number of hydrogen-bond donors (Lipinski definition) is 0. The van der Waals surface area contributed by atoms with Crippen LogP contribution in [0, 0.1) is 0 Å². The molecule has 0 aliphatic carbocycles. The van der Waals surface area contributed by atoms with Gasteiger partial charge in [-0.1, -0.05) is 18.2 Å². The lowest BCUT2D eigenvalue weighted by atomic mass is 10.2. The lowest BCUT2D eigenvalue weighted by Crippen LogP contribution is -2.39. The number of benzene rings is 1. The van der Waals surface area contributed by atoms with Gasteiger partial charge in [0.2, 0.25) is 5.91 Å². The molecule has 0 fully saturated rings. The first-order valence-electron chi connectivity index (χ1n) is 5.25. The Balaban J connectivity index is 2.33. The van der Waals surface area contributed by atoms with Gasteiger partial charge in [0.15, 0.2) is 9.84 Å². The molecule has 1 aliphatic rings. The van der Waals surface area contributed by atoms with Crippen molar-refractivity contribution in [2.24, 2.45) is 0 Å². The maximum absolute atomic E-state index is 11.6. The van der Waals surface area contributed by atoms with Crippen molar-refractivity contribution >= 4 is 21.4 Å². The minimum absolute atomic E-state index is 0.0402. The number of carbonyl (C=O) groups is 1. The quantitative estimate of drug-likeness (QED) is 0.797. The maximum atomic E-state index is 11.6. The fourth-order valence-corrected chi connectivity index (χ4v) is 3.18. The Kier molecular flexibility index (Phi) is 3.02. The van der Waals surface area contributed by atoms with E-state index in [-0.39, 0.29) is 11.7 Å². The fraction of sp³-hybridized carbons (Fsp3) is 0.250. The second kappa shape index (κ2) is 4.33. The molecular weight excluding hydrogens is 238 g/mol. The summed E-state index contributed by atoms with van der Waals surface area (Å²) in [4.78, 5) is 13.1. The Morgan fingerprint density at radius 3 is 2.41 bits per heavy atom. The molecule has 1 aromatic rings. The highest BCUT2D eigenvalue weighted by Crippen LogP contribution is 2.22. The van der Waals surface area contributed by atoms with Crippen molar-refractivity contribution in [3.8, 4) is 0 Å². The molecule has 90 valence electrons. The number of amides is 1. The van der Waals surface area contributed by atoms with Crippen LogP contribution in [0.4, 0.5) is 5.69 Å². The molecule has 0 radical (unpaired) electrons. The van der Waals surface area contributed by atoms with Crippen LogP contribution >= 0.6 is 0 Å². The first kappa shape index (κ1) is 11.9. The molecule has 0 spiro atoms. The van der Waals surface area contributed by atoms with Gasteiger partial charge in [-0.15, -0.1) is 0 Å². The second-order valence-corrected chi connectivity index (χ2v) is 5.88. The Morgan fingerprint density at radius 2 is 1.94 bits per heavy atom. The Hall–Kier alpha value is -1.62. The third-order valence-corrected chi connectivity index (χ3v) is 3.99. The zero-order valence-electron chi connectivity index (χ0n) is 9.41. The van der Waals surface area contributed by atoms with Crippen LogP contribution in [0.3, 0.4) is 0 Å². The predicted molar refractivity (Wildman–Crippen MR) is 66.3 cm³/mol. The molecule has 0 aromatic heterocycles. The van der Waals surface area contributed by atoms with Crippen LogP contribution < -0.4 is 4.90 Å². The van der Waals surface area contributed by atoms with Crippen LogP contribution in [0.2, 0.25) is 0 Å². The van der Waals surface area contributed by atoms with Crippen LogP contribution in [0.25, 0.3) is 0 Å². The van der Waals surface area contributed by atoms with E-state index in [2.05, 4.69) is 0 Å². The third-order valence-electron chi connectivity index (χ3n) is 2.62. The van der Waals surface area contributed by atoms with E-state index in [9.17, 15) is 13.2 Å². The van der Waals surface area contributed by atoms with E-state index in [1.807, 2.05) is 18.2 Å². The van der Waals surface area contributed by atoms with Gasteiger partial charge in [0.25, 0.3) is 0 Å². The summed E-state index contributed by atoms with van der Waals surface area (Å²) in [6.07, 6.45) is 1.56. The number of sulfone groups is 1. The normalized spacial score (nSPS) is 21.4. The number of anilines is 1. The average molecular weight is 251 g/mol. The summed E-state index contributed by atoms with van der Waals surface area (Å²) < 4.78 is 22.7. The monoisotopic (exact) mass is 251 g/mol. The molecule has 4 nitrogen and oxygen atoms in total. The van der Waals surface area contributed by atoms with E-state index in [0.717, 1.165) is 0 Å². The van der Waals surface area contributed by atoms with Gasteiger partial charge in [-0.3, -0.25) is 4.79 Å². The van der Waals surface area contributed by atoms with E-state index >= 15 is 0 Å². The SMILES string of the molecule is CC(=O)N(c1ccccc1)[C@@H]1C=CS(=O)(=O)C1. The van der Waals surface area contributed by atoms with Crippen LogP contribution in [-0.4, -0.2) is 26.1 Å². The van der Waals surface area contributed by atoms with Gasteiger partial charge >= 0.3 is 0 Å². The Bertz CT molecular complexity index is 548. The summed E-state index contributed by atoms with van der Waals surface area (Å²) in [6.45, 7) is 1.44. The van der Waals surface area contributed by atoms with Crippen LogP contribution in [0.1, 0.15) is 6.92 Å². The molecule has 0 bridgehead atoms. The molecule has 1 amide bonds. The van der Waals surface area contributed by atoms with E-state index in [0.29, 0.717) is 5.69 Å². The zero-order chi connectivity index (χ0) is 12.5. The highest BCUT2D eigenvalue weighted by molar-refractivity contribution is 7.94. The molecule has 5 heteroatoms. The Labute approximate surface area is 100 Å². The summed E-state index contributed by atoms with van der Waals surface area (Å²) in [5, 5.41) is 1.18. The van der Waals surface area contributed by atoms with Gasteiger partial charge in [-0.25, -0.2) is 8.42 Å². The number of nitrogens with zero attached hydrogens (tertiary/aromatic N) is 1. The summed E-state index contributed by atoms with van der Waals surface area (Å²) in [6, 6.07) is 8.67. The lowest BCUT2D eigenvalue weighted by molar-refractivity contribution is -0.116. The largest absolute Gasteiger partial charge is 0.305 e. The van der Waals surface area contributed by atoms with Crippen molar-refractivity contribution in [3.63, 3.8) is 0 Å². The van der Waals surface area contributed by atoms with Gasteiger partial charge in [0.1, 0.15) is 0 Å². The first-order valence-corrected chi connectivity index (χ1v) is 6.97. The molecule has 2 rings (SSSR count). The van der Waals surface area contributed by atoms with Crippen LogP contribution in [0.5, 0.6) is 0 Å². The molecule has 1 heterocycles. The topological polar surface area (TPSA) is 54.5 Å². The molecule has 0 saturated carbocycles. The fourth-order valence-electron chi connectivity index (χ4n) is 1.92. The highest BCUT2D eigenvalue weighted by Gasteiger charge is 2.29. The molecule has 0 N–H and O–H groups in total. The van der Waals surface area contributed by atoms with Crippen molar-refractivity contribution < 1.29 is 13.2 Å². The van der Waals surface area contributed by atoms with Crippen molar-refractivity contribution in [3.05, 3.63) is 41.8 Å². The van der Waals surface area contributed by atoms with E-state index in [4.69, 9.17) is 0 Å². The number of rotatable bonds is 2. The van der Waals surface area contributed by atoms with Crippen molar-refractivity contribution in [2.75, 3.05) is 10.7 Å². The maximum Gasteiger partial charge on any atom is 0.224 e. The molecule has 1 aliphatic heterocycles. The number of carbonyl (C=O) groups excluding carboxylic acids is 1. The third kappa shape index (κ3) is 2.55. The minimum Gasteiger partial charge on any atom is -0.305 e. The Morgan fingerprint density at radius 1 is 1.29 bits per heavy atom. The molecule has 1 aromatic carbocycles. The number of para-hydroxylation sites is 1. The zero-order valence-corrected chi connectivity index (χ0v) is 10.2. The van der Waals surface area contributed by atoms with E-state index in [1.165, 1.54) is 17.2 Å². The molecule has 0 unspecified atom stereocenters. The lowest BCUT2D eigenvalue weighted by Gasteiger charge is -2.26. The summed E-state index contributed by atoms with van der Waals surface area (Å²) in [5.41, 5.74) is 0.715. The van der Waals surface area contributed by atoms with Gasteiger partial charge in [0, 0.05) is 18.0 Å². The molecule has 17 heavy (non-hydrogen) atoms. The summed E-state index contributed by atoms with van der Waals surface area (Å²) in [5.74, 6) is -0.204. The average Bonchev–Trinajstić information content (AvgIpc) is 2.60. The van der Waals surface area contributed by atoms with Crippen LogP contribution in [-0.2, 0) is 14.6 Å². The molecule has 0 saturated heterocycles. The van der Waals surface area contributed by atoms with E-state index in [1.54, 1.807) is 18.2 Å². The van der Waals surface area contributed by atoms with Gasteiger partial charge in [-0.05, 0) is 18.2 Å². The van der Waals surface area contributed by atoms with Gasteiger partial charge < -0.3 is 4.90 Å². The van der Waals surface area contributed by atoms with E-state index < -0.39 is 15.9 Å². The first-order chi connectivity index (χ1) is 7.99. The van der Waals surface area contributed by atoms with Gasteiger partial charge in [-0.2, -0.15) is 0 Å². The number of hydrogen-bond acceptors (Lipinski definition) is 3. The van der Waals surface area contributed by atoms with Crippen molar-refractivity contribution in [1.29, 1.82) is 0 Å². The standard InChI is InChI=1S/C12H13NO3S/c1-10(14)13(11-5-3-2-4-6-11)12-7-8-17(15,16)9-12/h2-8,12H,9H2,1H3/t12-/m1/s1. The summed E-state index contributed by atoms with van der Waals surface area (Å²) in [7, 11) is -3.16. The minimum atomic E-state index is -3.16. The molecular formula is C12H13NO3S. The second-order valence-electron chi connectivity index (χ2n) is 3.95. The summed E-state index contributed by atoms with van der Waals surface area (Å²) >= 11 is 0. The highest BCUT2D eigenvalue weighted by atomic mass is 32.2. The van der Waals surface area contributed by atoms with Crippen LogP contribution in [0.15, 0.2) is 41.8 Å². The molecule has 1 atom stereocenters. The predicted octanol–water partition coefficient (Wildman–Crippen LogP) is 1.35. The van der Waals surface area contributed by atoms with Crippen molar-refractivity contribution in [2.45, 2.75) is 13.0 Å². The van der Waals surface area contributed by atoms with Crippen molar-refractivity contribution in [1.82, 2.24) is 0 Å². The smallest absolute Gasteiger partial charge is 0.224 e. The van der Waals surface area contributed by atoms with Gasteiger partial charge in [0.05, 0.1) is 11.8 Å².